The number of carbonyl (C=O) groups is 1. The van der Waals surface area contributed by atoms with Gasteiger partial charge in [-0.2, -0.15) is 5.26 Å². The van der Waals surface area contributed by atoms with Crippen LogP contribution in [0.15, 0.2) is 48.8 Å². The lowest BCUT2D eigenvalue weighted by Crippen LogP contribution is -2.16. The van der Waals surface area contributed by atoms with Crippen LogP contribution in [0.1, 0.15) is 32.7 Å². The molecular formula is C21H19N5O. The van der Waals surface area contributed by atoms with Gasteiger partial charge in [0.25, 0.3) is 5.91 Å². The van der Waals surface area contributed by atoms with Crippen LogP contribution in [0.2, 0.25) is 0 Å². The molecule has 2 aromatic carbocycles. The zero-order valence-electron chi connectivity index (χ0n) is 15.4. The van der Waals surface area contributed by atoms with Crippen molar-refractivity contribution in [3.8, 4) is 6.07 Å². The summed E-state index contributed by atoms with van der Waals surface area (Å²) in [6.45, 7) is 5.94. The number of nitriles is 1. The minimum atomic E-state index is -0.318. The average molecular weight is 357 g/mol. The van der Waals surface area contributed by atoms with Crippen molar-refractivity contribution in [3.05, 3.63) is 76.7 Å². The summed E-state index contributed by atoms with van der Waals surface area (Å²) >= 11 is 0. The van der Waals surface area contributed by atoms with Crippen molar-refractivity contribution in [1.29, 1.82) is 5.26 Å². The Labute approximate surface area is 157 Å². The van der Waals surface area contributed by atoms with Crippen LogP contribution in [0.5, 0.6) is 0 Å². The molecule has 6 heteroatoms. The number of hydrogen-bond acceptors (Lipinski definition) is 5. The highest BCUT2D eigenvalue weighted by Gasteiger charge is 2.12. The van der Waals surface area contributed by atoms with E-state index in [-0.39, 0.29) is 11.6 Å². The molecule has 0 radical (unpaired) electrons. The zero-order valence-corrected chi connectivity index (χ0v) is 15.4. The molecular weight excluding hydrogens is 338 g/mol. The zero-order chi connectivity index (χ0) is 19.4. The van der Waals surface area contributed by atoms with E-state index in [0.29, 0.717) is 17.1 Å². The van der Waals surface area contributed by atoms with Crippen LogP contribution in [0.3, 0.4) is 0 Å². The first-order chi connectivity index (χ1) is 13.0. The number of hydrogen-bond donors (Lipinski definition) is 2. The van der Waals surface area contributed by atoms with Gasteiger partial charge >= 0.3 is 0 Å². The second-order valence-electron chi connectivity index (χ2n) is 6.30. The van der Waals surface area contributed by atoms with E-state index in [9.17, 15) is 4.79 Å². The van der Waals surface area contributed by atoms with Crippen LogP contribution < -0.4 is 10.6 Å². The summed E-state index contributed by atoms with van der Waals surface area (Å²) in [5.41, 5.74) is 5.30. The maximum atomic E-state index is 12.5. The van der Waals surface area contributed by atoms with Gasteiger partial charge in [0.2, 0.25) is 0 Å². The fraction of sp³-hybridized carbons (Fsp3) is 0.143. The van der Waals surface area contributed by atoms with Gasteiger partial charge < -0.3 is 10.6 Å². The Balaban J connectivity index is 1.76. The van der Waals surface area contributed by atoms with Gasteiger partial charge in [-0.3, -0.25) is 4.79 Å². The van der Waals surface area contributed by atoms with Gasteiger partial charge in [0, 0.05) is 5.69 Å². The first-order valence-electron chi connectivity index (χ1n) is 8.45. The summed E-state index contributed by atoms with van der Waals surface area (Å²) in [7, 11) is 0. The van der Waals surface area contributed by atoms with Crippen LogP contribution in [0, 0.1) is 32.1 Å². The molecule has 0 bridgehead atoms. The summed E-state index contributed by atoms with van der Waals surface area (Å²) in [6.07, 6.45) is 2.88. The van der Waals surface area contributed by atoms with E-state index in [1.807, 2.05) is 39.0 Å². The van der Waals surface area contributed by atoms with Crippen LogP contribution >= 0.6 is 0 Å². The monoisotopic (exact) mass is 357 g/mol. The van der Waals surface area contributed by atoms with Crippen molar-refractivity contribution in [2.45, 2.75) is 20.8 Å². The molecule has 0 aliphatic heterocycles. The first-order valence-corrected chi connectivity index (χ1v) is 8.45. The number of aryl methyl sites for hydroxylation is 3. The lowest BCUT2D eigenvalue weighted by Gasteiger charge is -2.12. The van der Waals surface area contributed by atoms with Gasteiger partial charge in [0.15, 0.2) is 0 Å². The van der Waals surface area contributed by atoms with Crippen molar-refractivity contribution in [2.24, 2.45) is 0 Å². The topological polar surface area (TPSA) is 90.7 Å². The Morgan fingerprint density at radius 2 is 1.74 bits per heavy atom. The molecule has 0 saturated carbocycles. The van der Waals surface area contributed by atoms with E-state index in [1.165, 1.54) is 12.4 Å². The second kappa shape index (κ2) is 7.67. The molecule has 1 amide bonds. The quantitative estimate of drug-likeness (QED) is 0.728. The van der Waals surface area contributed by atoms with E-state index in [4.69, 9.17) is 5.26 Å². The highest BCUT2D eigenvalue weighted by molar-refractivity contribution is 6.03. The number of aromatic nitrogens is 2. The highest BCUT2D eigenvalue weighted by Crippen LogP contribution is 2.23. The molecule has 1 heterocycles. The predicted molar refractivity (Wildman–Crippen MR) is 105 cm³/mol. The van der Waals surface area contributed by atoms with Gasteiger partial charge in [-0.15, -0.1) is 0 Å². The molecule has 134 valence electrons. The Morgan fingerprint density at radius 3 is 2.37 bits per heavy atom. The fourth-order valence-electron chi connectivity index (χ4n) is 2.89. The summed E-state index contributed by atoms with van der Waals surface area (Å²) in [5, 5.41) is 15.1. The first kappa shape index (κ1) is 18.1. The smallest absolute Gasteiger partial charge is 0.275 e. The Bertz CT molecular complexity index is 1010. The minimum Gasteiger partial charge on any atom is -0.338 e. The Hall–Kier alpha value is -3.72. The summed E-state index contributed by atoms with van der Waals surface area (Å²) in [5.74, 6) is 0.137. The number of nitrogens with one attached hydrogen (secondary N) is 2. The largest absolute Gasteiger partial charge is 0.338 e. The molecule has 27 heavy (non-hydrogen) atoms. The molecule has 1 aromatic heterocycles. The second-order valence-corrected chi connectivity index (χ2v) is 6.30. The molecule has 0 fully saturated rings. The van der Waals surface area contributed by atoms with Crippen molar-refractivity contribution < 1.29 is 4.79 Å². The average Bonchev–Trinajstić information content (AvgIpc) is 2.65. The number of rotatable bonds is 4. The SMILES string of the molecule is Cc1cc(C)c(NC(=O)c2cnc(Nc3ccccc3C#N)cn2)c(C)c1. The fourth-order valence-corrected chi connectivity index (χ4v) is 2.89. The van der Waals surface area contributed by atoms with Gasteiger partial charge in [-0.1, -0.05) is 29.8 Å². The third-order valence-electron chi connectivity index (χ3n) is 4.11. The maximum Gasteiger partial charge on any atom is 0.275 e. The van der Waals surface area contributed by atoms with Crippen LogP contribution in [-0.2, 0) is 0 Å². The molecule has 0 aliphatic carbocycles. The standard InChI is InChI=1S/C21H19N5O/c1-13-8-14(2)20(15(3)9-13)26-21(27)18-11-24-19(12-23-18)25-17-7-5-4-6-16(17)10-22/h4-9,11-12H,1-3H3,(H,24,25)(H,26,27). The number of benzene rings is 2. The lowest BCUT2D eigenvalue weighted by atomic mass is 10.1. The van der Waals surface area contributed by atoms with Crippen LogP contribution in [0.25, 0.3) is 0 Å². The number of para-hydroxylation sites is 1. The van der Waals surface area contributed by atoms with Gasteiger partial charge in [-0.05, 0) is 44.0 Å². The molecule has 0 atom stereocenters. The van der Waals surface area contributed by atoms with E-state index in [1.54, 1.807) is 18.2 Å². The molecule has 6 nitrogen and oxygen atoms in total. The van der Waals surface area contributed by atoms with Crippen molar-refractivity contribution >= 4 is 23.1 Å². The number of nitrogens with zero attached hydrogens (tertiary/aromatic N) is 3. The normalized spacial score (nSPS) is 10.1. The van der Waals surface area contributed by atoms with Crippen LogP contribution in [0.4, 0.5) is 17.2 Å². The summed E-state index contributed by atoms with van der Waals surface area (Å²) < 4.78 is 0. The molecule has 0 spiro atoms. The van der Waals surface area contributed by atoms with E-state index in [0.717, 1.165) is 22.4 Å². The van der Waals surface area contributed by atoms with Gasteiger partial charge in [0.05, 0.1) is 23.6 Å². The Kier molecular flexibility index (Phi) is 5.13. The lowest BCUT2D eigenvalue weighted by molar-refractivity contribution is 0.102. The molecule has 2 N–H and O–H groups in total. The molecule has 0 unspecified atom stereocenters. The van der Waals surface area contributed by atoms with E-state index < -0.39 is 0 Å². The molecule has 3 rings (SSSR count). The number of carbonyl (C=O) groups excluding carboxylic acids is 1. The van der Waals surface area contributed by atoms with Crippen molar-refractivity contribution in [1.82, 2.24) is 9.97 Å². The highest BCUT2D eigenvalue weighted by atomic mass is 16.1. The number of anilines is 3. The van der Waals surface area contributed by atoms with Crippen molar-refractivity contribution in [3.63, 3.8) is 0 Å². The number of amides is 1. The predicted octanol–water partition coefficient (Wildman–Crippen LogP) is 4.27. The molecule has 0 aliphatic rings. The minimum absolute atomic E-state index is 0.216. The third-order valence-corrected chi connectivity index (χ3v) is 4.11. The summed E-state index contributed by atoms with van der Waals surface area (Å²) in [6, 6.07) is 13.3. The van der Waals surface area contributed by atoms with Gasteiger partial charge in [0.1, 0.15) is 17.6 Å². The van der Waals surface area contributed by atoms with E-state index in [2.05, 4.69) is 26.7 Å². The molecule has 3 aromatic rings. The molecule has 0 saturated heterocycles. The third kappa shape index (κ3) is 4.10. The Morgan fingerprint density at radius 1 is 1.04 bits per heavy atom. The van der Waals surface area contributed by atoms with Crippen LogP contribution in [-0.4, -0.2) is 15.9 Å². The van der Waals surface area contributed by atoms with Gasteiger partial charge in [-0.25, -0.2) is 9.97 Å². The van der Waals surface area contributed by atoms with Crippen molar-refractivity contribution in [2.75, 3.05) is 10.6 Å². The maximum absolute atomic E-state index is 12.5. The summed E-state index contributed by atoms with van der Waals surface area (Å²) in [4.78, 5) is 20.9. The van der Waals surface area contributed by atoms with E-state index >= 15 is 0 Å².